The minimum Gasteiger partial charge on any atom is -0.370 e. The molecular formula is C15H30N4. The highest BCUT2D eigenvalue weighted by Gasteiger charge is 2.13. The Morgan fingerprint density at radius 2 is 1.79 bits per heavy atom. The second-order valence-corrected chi connectivity index (χ2v) is 6.00. The summed E-state index contributed by atoms with van der Waals surface area (Å²) >= 11 is 0. The predicted molar refractivity (Wildman–Crippen MR) is 81.4 cm³/mol. The Labute approximate surface area is 117 Å². The molecule has 1 saturated carbocycles. The number of guanidine groups is 1. The largest absolute Gasteiger partial charge is 0.370 e. The minimum atomic E-state index is 0.571. The maximum Gasteiger partial charge on any atom is 0.188 e. The van der Waals surface area contributed by atoms with Crippen molar-refractivity contribution in [2.24, 2.45) is 10.7 Å². The Hall–Kier alpha value is -0.770. The van der Waals surface area contributed by atoms with E-state index in [1.54, 1.807) is 0 Å². The molecule has 1 aliphatic heterocycles. The zero-order chi connectivity index (χ0) is 13.3. The third-order valence-corrected chi connectivity index (χ3v) is 4.32. The summed E-state index contributed by atoms with van der Waals surface area (Å²) in [6.45, 7) is 4.72. The molecular weight excluding hydrogens is 236 g/mol. The van der Waals surface area contributed by atoms with Crippen LogP contribution < -0.4 is 11.1 Å². The lowest BCUT2D eigenvalue weighted by atomic mass is 9.96. The summed E-state index contributed by atoms with van der Waals surface area (Å²) in [7, 11) is 0. The molecule has 0 aromatic heterocycles. The van der Waals surface area contributed by atoms with Gasteiger partial charge in [0.1, 0.15) is 0 Å². The number of nitrogens with two attached hydrogens (primary N) is 1. The van der Waals surface area contributed by atoms with Crippen LogP contribution in [0.25, 0.3) is 0 Å². The second-order valence-electron chi connectivity index (χ2n) is 6.00. The Morgan fingerprint density at radius 3 is 2.53 bits per heavy atom. The molecule has 2 aliphatic rings. The van der Waals surface area contributed by atoms with Gasteiger partial charge in [-0.05, 0) is 58.2 Å². The summed E-state index contributed by atoms with van der Waals surface area (Å²) in [6.07, 6.45) is 11.7. The van der Waals surface area contributed by atoms with Gasteiger partial charge < -0.3 is 16.0 Å². The van der Waals surface area contributed by atoms with Crippen molar-refractivity contribution in [1.29, 1.82) is 0 Å². The fourth-order valence-electron chi connectivity index (χ4n) is 3.15. The van der Waals surface area contributed by atoms with Crippen molar-refractivity contribution in [2.75, 3.05) is 26.2 Å². The van der Waals surface area contributed by atoms with Crippen molar-refractivity contribution >= 4 is 5.96 Å². The van der Waals surface area contributed by atoms with Crippen LogP contribution in [0.2, 0.25) is 0 Å². The summed E-state index contributed by atoms with van der Waals surface area (Å²) in [5, 5.41) is 3.37. The normalized spacial score (nSPS) is 22.8. The molecule has 0 amide bonds. The average molecular weight is 266 g/mol. The van der Waals surface area contributed by atoms with Crippen LogP contribution in [0.1, 0.15) is 57.8 Å². The van der Waals surface area contributed by atoms with Crippen molar-refractivity contribution in [2.45, 2.75) is 63.8 Å². The topological polar surface area (TPSA) is 53.6 Å². The van der Waals surface area contributed by atoms with E-state index in [1.165, 1.54) is 71.0 Å². The molecule has 0 aromatic carbocycles. The molecule has 0 aromatic rings. The van der Waals surface area contributed by atoms with E-state index in [1.807, 2.05) is 0 Å². The maximum atomic E-state index is 5.94. The third kappa shape index (κ3) is 5.81. The van der Waals surface area contributed by atoms with Gasteiger partial charge in [0.25, 0.3) is 0 Å². The van der Waals surface area contributed by atoms with Gasteiger partial charge in [-0.15, -0.1) is 0 Å². The highest BCUT2D eigenvalue weighted by molar-refractivity contribution is 5.78. The van der Waals surface area contributed by atoms with Crippen LogP contribution in [-0.4, -0.2) is 43.1 Å². The molecule has 1 aliphatic carbocycles. The Morgan fingerprint density at radius 1 is 1.05 bits per heavy atom. The number of nitrogens with zero attached hydrogens (tertiary/aromatic N) is 2. The van der Waals surface area contributed by atoms with Crippen LogP contribution in [0.3, 0.4) is 0 Å². The first-order valence-corrected chi connectivity index (χ1v) is 8.13. The minimum absolute atomic E-state index is 0.571. The van der Waals surface area contributed by atoms with E-state index in [-0.39, 0.29) is 0 Å². The fraction of sp³-hybridized carbons (Fsp3) is 0.933. The molecule has 0 spiro atoms. The lowest BCUT2D eigenvalue weighted by Gasteiger charge is -2.23. The molecule has 110 valence electrons. The Bertz CT molecular complexity index is 265. The van der Waals surface area contributed by atoms with Gasteiger partial charge in [0, 0.05) is 12.6 Å². The van der Waals surface area contributed by atoms with Gasteiger partial charge >= 0.3 is 0 Å². The SMILES string of the molecule is NC(=NCCCCN1CCCC1)NC1CCCCC1. The van der Waals surface area contributed by atoms with Crippen LogP contribution in [-0.2, 0) is 0 Å². The van der Waals surface area contributed by atoms with Gasteiger partial charge in [-0.2, -0.15) is 0 Å². The first kappa shape index (κ1) is 14.6. The van der Waals surface area contributed by atoms with Crippen LogP contribution in [0, 0.1) is 0 Å². The molecule has 2 fully saturated rings. The molecule has 0 atom stereocenters. The van der Waals surface area contributed by atoms with Crippen LogP contribution >= 0.6 is 0 Å². The molecule has 0 radical (unpaired) electrons. The quantitative estimate of drug-likeness (QED) is 0.440. The summed E-state index contributed by atoms with van der Waals surface area (Å²) in [5.74, 6) is 0.660. The molecule has 1 heterocycles. The summed E-state index contributed by atoms with van der Waals surface area (Å²) in [5.41, 5.74) is 5.94. The van der Waals surface area contributed by atoms with E-state index in [4.69, 9.17) is 5.73 Å². The van der Waals surface area contributed by atoms with Crippen LogP contribution in [0.4, 0.5) is 0 Å². The Kier molecular flexibility index (Phi) is 6.48. The smallest absolute Gasteiger partial charge is 0.188 e. The summed E-state index contributed by atoms with van der Waals surface area (Å²) < 4.78 is 0. The summed E-state index contributed by atoms with van der Waals surface area (Å²) in [6, 6.07) is 0.571. The van der Waals surface area contributed by atoms with Crippen molar-refractivity contribution in [3.63, 3.8) is 0 Å². The number of nitrogens with one attached hydrogen (secondary N) is 1. The lowest BCUT2D eigenvalue weighted by molar-refractivity contribution is 0.331. The number of aliphatic imine (C=N–C) groups is 1. The van der Waals surface area contributed by atoms with Gasteiger partial charge in [-0.25, -0.2) is 0 Å². The summed E-state index contributed by atoms with van der Waals surface area (Å²) in [4.78, 5) is 7.01. The lowest BCUT2D eigenvalue weighted by Crippen LogP contribution is -2.41. The third-order valence-electron chi connectivity index (χ3n) is 4.32. The zero-order valence-corrected chi connectivity index (χ0v) is 12.2. The van der Waals surface area contributed by atoms with E-state index in [9.17, 15) is 0 Å². The highest BCUT2D eigenvalue weighted by Crippen LogP contribution is 2.17. The van der Waals surface area contributed by atoms with Crippen molar-refractivity contribution < 1.29 is 0 Å². The average Bonchev–Trinajstić information content (AvgIpc) is 2.92. The first-order chi connectivity index (χ1) is 9.34. The van der Waals surface area contributed by atoms with Gasteiger partial charge in [0.05, 0.1) is 0 Å². The Balaban J connectivity index is 1.51. The molecule has 2 rings (SSSR count). The predicted octanol–water partition coefficient (Wildman–Crippen LogP) is 2.10. The molecule has 4 heteroatoms. The van der Waals surface area contributed by atoms with E-state index >= 15 is 0 Å². The van der Waals surface area contributed by atoms with Gasteiger partial charge in [0.2, 0.25) is 0 Å². The van der Waals surface area contributed by atoms with Crippen molar-refractivity contribution in [3.8, 4) is 0 Å². The number of hydrogen-bond donors (Lipinski definition) is 2. The standard InChI is InChI=1S/C15H30N4/c16-15(18-14-8-2-1-3-9-14)17-10-4-5-11-19-12-6-7-13-19/h14H,1-13H2,(H3,16,17,18). The molecule has 1 saturated heterocycles. The van der Waals surface area contributed by atoms with Crippen molar-refractivity contribution in [1.82, 2.24) is 10.2 Å². The van der Waals surface area contributed by atoms with Gasteiger partial charge in [-0.1, -0.05) is 19.3 Å². The molecule has 0 unspecified atom stereocenters. The highest BCUT2D eigenvalue weighted by atomic mass is 15.1. The monoisotopic (exact) mass is 266 g/mol. The molecule has 0 bridgehead atoms. The fourth-order valence-corrected chi connectivity index (χ4v) is 3.15. The van der Waals surface area contributed by atoms with E-state index in [0.717, 1.165) is 13.0 Å². The van der Waals surface area contributed by atoms with E-state index < -0.39 is 0 Å². The number of rotatable bonds is 6. The molecule has 19 heavy (non-hydrogen) atoms. The number of hydrogen-bond acceptors (Lipinski definition) is 2. The second kappa shape index (κ2) is 8.41. The van der Waals surface area contributed by atoms with Crippen LogP contribution in [0.5, 0.6) is 0 Å². The van der Waals surface area contributed by atoms with Gasteiger partial charge in [-0.3, -0.25) is 4.99 Å². The number of likely N-dealkylation sites (tertiary alicyclic amines) is 1. The first-order valence-electron chi connectivity index (χ1n) is 8.13. The van der Waals surface area contributed by atoms with E-state index in [0.29, 0.717) is 12.0 Å². The maximum absolute atomic E-state index is 5.94. The molecule has 4 nitrogen and oxygen atoms in total. The van der Waals surface area contributed by atoms with Gasteiger partial charge in [0.15, 0.2) is 5.96 Å². The van der Waals surface area contributed by atoms with E-state index in [2.05, 4.69) is 15.2 Å². The van der Waals surface area contributed by atoms with Crippen LogP contribution in [0.15, 0.2) is 4.99 Å². The number of unbranched alkanes of at least 4 members (excludes halogenated alkanes) is 1. The molecule has 3 N–H and O–H groups in total. The van der Waals surface area contributed by atoms with Crippen molar-refractivity contribution in [3.05, 3.63) is 0 Å². The zero-order valence-electron chi connectivity index (χ0n) is 12.2.